The number of amides is 1. The summed E-state index contributed by atoms with van der Waals surface area (Å²) in [6, 6.07) is 26.1. The van der Waals surface area contributed by atoms with E-state index in [4.69, 9.17) is 9.47 Å². The molecular weight excluding hydrogens is 390 g/mol. The number of hydrogen-bond donors (Lipinski definition) is 1. The van der Waals surface area contributed by atoms with Crippen molar-refractivity contribution in [2.75, 3.05) is 0 Å². The summed E-state index contributed by atoms with van der Waals surface area (Å²) < 4.78 is 11.1. The van der Waals surface area contributed by atoms with E-state index < -0.39 is 12.1 Å². The third-order valence-electron chi connectivity index (χ3n) is 4.80. The second-order valence-electron chi connectivity index (χ2n) is 7.42. The average Bonchev–Trinajstić information content (AvgIpc) is 2.79. The number of ether oxygens (including phenoxy) is 2. The van der Waals surface area contributed by atoms with E-state index in [1.54, 1.807) is 31.2 Å². The average molecular weight is 418 g/mol. The second kappa shape index (κ2) is 11.0. The van der Waals surface area contributed by atoms with Crippen molar-refractivity contribution in [1.82, 2.24) is 5.32 Å². The Hall–Kier alpha value is -3.60. The number of aryl methyl sites for hydroxylation is 1. The highest BCUT2D eigenvalue weighted by Crippen LogP contribution is 2.22. The summed E-state index contributed by atoms with van der Waals surface area (Å²) in [4.78, 5) is 24.9. The minimum atomic E-state index is -0.898. The lowest BCUT2D eigenvalue weighted by molar-refractivity contribution is -0.129. The maximum absolute atomic E-state index is 12.5. The molecule has 3 aromatic carbocycles. The largest absolute Gasteiger partial charge is 0.457 e. The molecule has 1 amide bonds. The van der Waals surface area contributed by atoms with Crippen molar-refractivity contribution in [2.24, 2.45) is 0 Å². The fourth-order valence-corrected chi connectivity index (χ4v) is 3.05. The first-order valence-corrected chi connectivity index (χ1v) is 10.4. The summed E-state index contributed by atoms with van der Waals surface area (Å²) in [6.07, 6.45) is 0.769. The van der Waals surface area contributed by atoms with Gasteiger partial charge in [-0.3, -0.25) is 4.79 Å². The predicted octanol–water partition coefficient (Wildman–Crippen LogP) is 5.16. The molecule has 0 aromatic heterocycles. The number of rotatable bonds is 9. The fraction of sp³-hybridized carbons (Fsp3) is 0.231. The van der Waals surface area contributed by atoms with Crippen molar-refractivity contribution in [3.8, 4) is 11.5 Å². The Balaban J connectivity index is 1.50. The number of hydrogen-bond acceptors (Lipinski definition) is 4. The van der Waals surface area contributed by atoms with Crippen molar-refractivity contribution < 1.29 is 19.1 Å². The van der Waals surface area contributed by atoms with Gasteiger partial charge in [-0.05, 0) is 62.6 Å². The normalized spacial score (nSPS) is 12.5. The molecule has 0 unspecified atom stereocenters. The quantitative estimate of drug-likeness (QED) is 0.488. The first kappa shape index (κ1) is 22.1. The van der Waals surface area contributed by atoms with Gasteiger partial charge >= 0.3 is 5.97 Å². The molecule has 5 heteroatoms. The number of esters is 1. The zero-order valence-electron chi connectivity index (χ0n) is 17.8. The summed E-state index contributed by atoms with van der Waals surface area (Å²) in [5.74, 6) is 0.307. The van der Waals surface area contributed by atoms with Crippen LogP contribution in [0.2, 0.25) is 0 Å². The van der Waals surface area contributed by atoms with Crippen molar-refractivity contribution in [3.05, 3.63) is 96.1 Å². The third-order valence-corrected chi connectivity index (χ3v) is 4.80. The summed E-state index contributed by atoms with van der Waals surface area (Å²) in [6.45, 7) is 3.52. The SMILES string of the molecule is C[C@H](CCc1ccccc1)NC(=O)[C@@H](C)OC(=O)c1cccc(Oc2ccccc2)c1. The summed E-state index contributed by atoms with van der Waals surface area (Å²) in [5.41, 5.74) is 1.55. The van der Waals surface area contributed by atoms with E-state index >= 15 is 0 Å². The molecule has 1 N–H and O–H groups in total. The summed E-state index contributed by atoms with van der Waals surface area (Å²) in [7, 11) is 0. The summed E-state index contributed by atoms with van der Waals surface area (Å²) in [5, 5.41) is 2.91. The Morgan fingerprint density at radius 2 is 1.48 bits per heavy atom. The molecule has 0 bridgehead atoms. The molecule has 0 saturated heterocycles. The Morgan fingerprint density at radius 1 is 0.839 bits per heavy atom. The molecule has 0 spiro atoms. The summed E-state index contributed by atoms with van der Waals surface area (Å²) >= 11 is 0. The van der Waals surface area contributed by atoms with Gasteiger partial charge in [0.05, 0.1) is 5.56 Å². The van der Waals surface area contributed by atoms with E-state index in [1.165, 1.54) is 5.56 Å². The van der Waals surface area contributed by atoms with Gasteiger partial charge in [-0.25, -0.2) is 4.79 Å². The van der Waals surface area contributed by atoms with E-state index in [0.29, 0.717) is 17.1 Å². The highest BCUT2D eigenvalue weighted by atomic mass is 16.5. The molecule has 0 aliphatic heterocycles. The Morgan fingerprint density at radius 3 is 2.19 bits per heavy atom. The maximum Gasteiger partial charge on any atom is 0.339 e. The lowest BCUT2D eigenvalue weighted by Gasteiger charge is -2.18. The molecule has 0 aliphatic carbocycles. The Bertz CT molecular complexity index is 989. The zero-order chi connectivity index (χ0) is 22.1. The first-order chi connectivity index (χ1) is 15.0. The number of nitrogens with one attached hydrogen (secondary N) is 1. The maximum atomic E-state index is 12.5. The van der Waals surface area contributed by atoms with E-state index in [0.717, 1.165) is 12.8 Å². The van der Waals surface area contributed by atoms with Gasteiger partial charge in [-0.15, -0.1) is 0 Å². The van der Waals surface area contributed by atoms with Crippen LogP contribution in [0.25, 0.3) is 0 Å². The Labute approximate surface area is 183 Å². The molecule has 5 nitrogen and oxygen atoms in total. The van der Waals surface area contributed by atoms with Gasteiger partial charge in [0, 0.05) is 6.04 Å². The van der Waals surface area contributed by atoms with Crippen LogP contribution < -0.4 is 10.1 Å². The molecule has 0 saturated carbocycles. The molecule has 0 radical (unpaired) electrons. The number of para-hydroxylation sites is 1. The van der Waals surface area contributed by atoms with E-state index in [-0.39, 0.29) is 11.9 Å². The number of benzene rings is 3. The van der Waals surface area contributed by atoms with E-state index in [9.17, 15) is 9.59 Å². The van der Waals surface area contributed by atoms with E-state index in [1.807, 2.05) is 55.5 Å². The van der Waals surface area contributed by atoms with Gasteiger partial charge < -0.3 is 14.8 Å². The van der Waals surface area contributed by atoms with Crippen LogP contribution in [0.1, 0.15) is 36.2 Å². The lowest BCUT2D eigenvalue weighted by atomic mass is 10.1. The number of carbonyl (C=O) groups is 2. The molecule has 0 aliphatic rings. The van der Waals surface area contributed by atoms with Crippen LogP contribution in [-0.2, 0) is 16.0 Å². The van der Waals surface area contributed by atoms with E-state index in [2.05, 4.69) is 17.4 Å². The van der Waals surface area contributed by atoms with Crippen LogP contribution in [0.5, 0.6) is 11.5 Å². The van der Waals surface area contributed by atoms with Gasteiger partial charge in [0.2, 0.25) is 0 Å². The van der Waals surface area contributed by atoms with Gasteiger partial charge in [0.15, 0.2) is 6.10 Å². The van der Waals surface area contributed by atoms with Gasteiger partial charge in [-0.2, -0.15) is 0 Å². The van der Waals surface area contributed by atoms with Crippen molar-refractivity contribution in [2.45, 2.75) is 38.8 Å². The third kappa shape index (κ3) is 7.00. The molecule has 160 valence electrons. The number of carbonyl (C=O) groups excluding carboxylic acids is 2. The van der Waals surface area contributed by atoms with Crippen LogP contribution in [0, 0.1) is 0 Å². The Kier molecular flexibility index (Phi) is 7.82. The molecule has 3 rings (SSSR count). The fourth-order valence-electron chi connectivity index (χ4n) is 3.05. The molecule has 3 aromatic rings. The smallest absolute Gasteiger partial charge is 0.339 e. The van der Waals surface area contributed by atoms with Crippen LogP contribution in [-0.4, -0.2) is 24.0 Å². The van der Waals surface area contributed by atoms with Gasteiger partial charge in [0.25, 0.3) is 5.91 Å². The molecule has 2 atom stereocenters. The highest BCUT2D eigenvalue weighted by molar-refractivity contribution is 5.92. The molecule has 0 heterocycles. The van der Waals surface area contributed by atoms with Crippen molar-refractivity contribution in [3.63, 3.8) is 0 Å². The zero-order valence-corrected chi connectivity index (χ0v) is 17.8. The van der Waals surface area contributed by atoms with Crippen molar-refractivity contribution >= 4 is 11.9 Å². The molecular formula is C26H27NO4. The lowest BCUT2D eigenvalue weighted by Crippen LogP contribution is -2.41. The second-order valence-corrected chi connectivity index (χ2v) is 7.42. The van der Waals surface area contributed by atoms with Crippen LogP contribution in [0.4, 0.5) is 0 Å². The van der Waals surface area contributed by atoms with Crippen LogP contribution in [0.3, 0.4) is 0 Å². The van der Waals surface area contributed by atoms with Gasteiger partial charge in [0.1, 0.15) is 11.5 Å². The minimum absolute atomic E-state index is 0.0311. The topological polar surface area (TPSA) is 64.6 Å². The van der Waals surface area contributed by atoms with Crippen LogP contribution in [0.15, 0.2) is 84.9 Å². The van der Waals surface area contributed by atoms with Crippen molar-refractivity contribution in [1.29, 1.82) is 0 Å². The van der Waals surface area contributed by atoms with Crippen LogP contribution >= 0.6 is 0 Å². The first-order valence-electron chi connectivity index (χ1n) is 10.4. The highest BCUT2D eigenvalue weighted by Gasteiger charge is 2.20. The standard InChI is InChI=1S/C26H27NO4/c1-19(16-17-21-10-5-3-6-11-21)27-25(28)20(2)30-26(29)22-12-9-15-24(18-22)31-23-13-7-4-8-14-23/h3-15,18-20H,16-17H2,1-2H3,(H,27,28)/t19-,20-/m1/s1. The predicted molar refractivity (Wildman–Crippen MR) is 120 cm³/mol. The van der Waals surface area contributed by atoms with Gasteiger partial charge in [-0.1, -0.05) is 54.6 Å². The monoisotopic (exact) mass is 417 g/mol. The molecule has 31 heavy (non-hydrogen) atoms. The molecule has 0 fully saturated rings. The minimum Gasteiger partial charge on any atom is -0.457 e.